The van der Waals surface area contributed by atoms with Gasteiger partial charge < -0.3 is 19.3 Å². The number of carbonyl (C=O) groups excluding carboxylic acids is 1. The first-order valence-electron chi connectivity index (χ1n) is 11.7. The van der Waals surface area contributed by atoms with Crippen LogP contribution in [0.25, 0.3) is 6.08 Å². The first-order chi connectivity index (χ1) is 17.6. The van der Waals surface area contributed by atoms with Crippen LogP contribution in [0.5, 0.6) is 17.2 Å². The summed E-state index contributed by atoms with van der Waals surface area (Å²) in [6.45, 7) is 7.46. The van der Waals surface area contributed by atoms with Crippen molar-refractivity contribution >= 4 is 39.3 Å². The number of thiazole rings is 1. The lowest BCUT2D eigenvalue weighted by atomic mass is 9.95. The number of nitrogens with zero attached hydrogens (tertiary/aromatic N) is 2. The lowest BCUT2D eigenvalue weighted by Gasteiger charge is -2.25. The zero-order valence-electron chi connectivity index (χ0n) is 21.1. The van der Waals surface area contributed by atoms with E-state index in [9.17, 15) is 14.7 Å². The second-order valence-electron chi connectivity index (χ2n) is 8.58. The van der Waals surface area contributed by atoms with Gasteiger partial charge in [-0.25, -0.2) is 9.79 Å². The van der Waals surface area contributed by atoms with E-state index in [1.807, 2.05) is 13.8 Å². The van der Waals surface area contributed by atoms with Crippen molar-refractivity contribution < 1.29 is 24.1 Å². The summed E-state index contributed by atoms with van der Waals surface area (Å²) in [6, 6.07) is 9.52. The zero-order valence-corrected chi connectivity index (χ0v) is 23.5. The van der Waals surface area contributed by atoms with Crippen molar-refractivity contribution in [2.45, 2.75) is 39.8 Å². The fraction of sp³-hybridized carbons (Fsp3) is 0.296. The van der Waals surface area contributed by atoms with Crippen molar-refractivity contribution in [2.75, 3.05) is 13.7 Å². The molecule has 2 aromatic carbocycles. The van der Waals surface area contributed by atoms with Gasteiger partial charge in [-0.15, -0.1) is 0 Å². The molecule has 10 heteroatoms. The highest BCUT2D eigenvalue weighted by Crippen LogP contribution is 2.36. The maximum Gasteiger partial charge on any atom is 0.338 e. The molecule has 0 bridgehead atoms. The normalized spacial score (nSPS) is 15.4. The number of phenolic OH excluding ortho intramolecular Hbond substituents is 1. The number of fused-ring (bicyclic) bond motifs is 1. The average molecular weight is 587 g/mol. The molecule has 8 nitrogen and oxygen atoms in total. The Hall–Kier alpha value is -3.37. The number of hydrogen-bond acceptors (Lipinski definition) is 8. The van der Waals surface area contributed by atoms with Crippen LogP contribution in [0.3, 0.4) is 0 Å². The molecule has 1 aliphatic heterocycles. The summed E-state index contributed by atoms with van der Waals surface area (Å²) in [5, 5.41) is 10.3. The maximum atomic E-state index is 13.8. The maximum absolute atomic E-state index is 13.8. The van der Waals surface area contributed by atoms with Crippen molar-refractivity contribution in [1.82, 2.24) is 4.57 Å². The Bertz CT molecular complexity index is 1570. The second-order valence-corrected chi connectivity index (χ2v) is 10.5. The van der Waals surface area contributed by atoms with Crippen LogP contribution in [0, 0.1) is 0 Å². The highest BCUT2D eigenvalue weighted by Gasteiger charge is 2.34. The summed E-state index contributed by atoms with van der Waals surface area (Å²) in [7, 11) is 1.54. The van der Waals surface area contributed by atoms with Crippen molar-refractivity contribution in [2.24, 2.45) is 4.99 Å². The zero-order chi connectivity index (χ0) is 26.9. The molecule has 4 rings (SSSR count). The van der Waals surface area contributed by atoms with Gasteiger partial charge in [-0.05, 0) is 69.7 Å². The van der Waals surface area contributed by atoms with Crippen LogP contribution in [0.1, 0.15) is 44.9 Å². The Morgan fingerprint density at radius 3 is 2.68 bits per heavy atom. The number of carbonyl (C=O) groups is 1. The molecule has 0 amide bonds. The quantitative estimate of drug-likeness (QED) is 0.419. The average Bonchev–Trinajstić information content (AvgIpc) is 3.15. The van der Waals surface area contributed by atoms with Crippen LogP contribution >= 0.6 is 27.3 Å². The number of phenols is 1. The molecule has 0 aliphatic carbocycles. The lowest BCUT2D eigenvalue weighted by molar-refractivity contribution is -0.139. The number of methoxy groups -OCH3 is 1. The SMILES string of the molecule is CCOC(=O)C1=C(C)N=c2s/c(=C/c3cc(Br)ccc3O)c(=O)n2[C@@H]1c1ccc(OC(C)C)c(OC)c1. The highest BCUT2D eigenvalue weighted by atomic mass is 79.9. The van der Waals surface area contributed by atoms with E-state index < -0.39 is 12.0 Å². The molecule has 1 atom stereocenters. The number of esters is 1. The molecule has 0 saturated heterocycles. The van der Waals surface area contributed by atoms with Gasteiger partial charge in [0.15, 0.2) is 16.3 Å². The molecule has 0 radical (unpaired) electrons. The summed E-state index contributed by atoms with van der Waals surface area (Å²) in [6.07, 6.45) is 1.55. The van der Waals surface area contributed by atoms with E-state index >= 15 is 0 Å². The van der Waals surface area contributed by atoms with Crippen molar-refractivity contribution in [3.8, 4) is 17.2 Å². The number of allylic oxidation sites excluding steroid dienone is 1. The summed E-state index contributed by atoms with van der Waals surface area (Å²) in [5.74, 6) is 0.524. The smallest absolute Gasteiger partial charge is 0.338 e. The molecule has 1 N–H and O–H groups in total. The number of aromatic hydroxyl groups is 1. The number of ether oxygens (including phenoxy) is 3. The Kier molecular flexibility index (Phi) is 7.89. The van der Waals surface area contributed by atoms with Gasteiger partial charge in [-0.2, -0.15) is 0 Å². The van der Waals surface area contributed by atoms with Gasteiger partial charge in [0.2, 0.25) is 0 Å². The predicted octanol–water partition coefficient (Wildman–Crippen LogP) is 4.06. The number of aromatic nitrogens is 1. The Labute approximate surface area is 226 Å². The predicted molar refractivity (Wildman–Crippen MR) is 145 cm³/mol. The summed E-state index contributed by atoms with van der Waals surface area (Å²) in [5.41, 5.74) is 1.51. The van der Waals surface area contributed by atoms with Gasteiger partial charge in [0.1, 0.15) is 5.75 Å². The molecule has 1 aliphatic rings. The van der Waals surface area contributed by atoms with E-state index in [-0.39, 0.29) is 29.6 Å². The van der Waals surface area contributed by atoms with E-state index in [0.717, 1.165) is 4.47 Å². The molecule has 0 unspecified atom stereocenters. The Morgan fingerprint density at radius 2 is 2.00 bits per heavy atom. The van der Waals surface area contributed by atoms with Crippen molar-refractivity contribution in [1.29, 1.82) is 0 Å². The fourth-order valence-electron chi connectivity index (χ4n) is 4.09. The first-order valence-corrected chi connectivity index (χ1v) is 13.3. The van der Waals surface area contributed by atoms with Gasteiger partial charge in [0.25, 0.3) is 5.56 Å². The van der Waals surface area contributed by atoms with E-state index in [2.05, 4.69) is 20.9 Å². The summed E-state index contributed by atoms with van der Waals surface area (Å²) >= 11 is 4.58. The summed E-state index contributed by atoms with van der Waals surface area (Å²) < 4.78 is 19.4. The number of benzene rings is 2. The van der Waals surface area contributed by atoms with Gasteiger partial charge in [-0.3, -0.25) is 9.36 Å². The largest absolute Gasteiger partial charge is 0.507 e. The highest BCUT2D eigenvalue weighted by molar-refractivity contribution is 9.10. The minimum absolute atomic E-state index is 0.0412. The molecule has 3 aromatic rings. The third kappa shape index (κ3) is 5.35. The summed E-state index contributed by atoms with van der Waals surface area (Å²) in [4.78, 5) is 31.9. The van der Waals surface area contributed by atoms with E-state index in [1.54, 1.807) is 56.3 Å². The second kappa shape index (κ2) is 10.9. The lowest BCUT2D eigenvalue weighted by Crippen LogP contribution is -2.40. The molecular weight excluding hydrogens is 560 g/mol. The molecule has 194 valence electrons. The van der Waals surface area contributed by atoms with Crippen molar-refractivity contribution in [3.05, 3.63) is 83.0 Å². The molecule has 0 spiro atoms. The van der Waals surface area contributed by atoms with Crippen LogP contribution < -0.4 is 24.4 Å². The minimum Gasteiger partial charge on any atom is -0.507 e. The Balaban J connectivity index is 1.96. The van der Waals surface area contributed by atoms with E-state index in [4.69, 9.17) is 14.2 Å². The van der Waals surface area contributed by atoms with Gasteiger partial charge >= 0.3 is 5.97 Å². The van der Waals surface area contributed by atoms with Crippen molar-refractivity contribution in [3.63, 3.8) is 0 Å². The molecule has 1 aromatic heterocycles. The van der Waals surface area contributed by atoms with Gasteiger partial charge in [-0.1, -0.05) is 33.3 Å². The molecule has 0 saturated carbocycles. The monoisotopic (exact) mass is 586 g/mol. The first kappa shape index (κ1) is 26.7. The van der Waals surface area contributed by atoms with Crippen LogP contribution in [0.15, 0.2) is 61.9 Å². The molecule has 0 fully saturated rings. The third-order valence-corrected chi connectivity index (χ3v) is 7.14. The van der Waals surface area contributed by atoms with Crippen LogP contribution in [-0.4, -0.2) is 35.5 Å². The standard InChI is InChI=1S/C27H27BrN2O6S/c1-6-35-26(33)23-15(4)29-27-30(24(23)16-7-10-20(36-14(2)3)21(12-16)34-5)25(32)22(37-27)13-17-11-18(28)8-9-19(17)31/h7-14,24,31H,6H2,1-5H3/b22-13+/t24-/m1/s1. The topological polar surface area (TPSA) is 99.4 Å². The number of hydrogen-bond donors (Lipinski definition) is 1. The minimum atomic E-state index is -0.796. The van der Waals surface area contributed by atoms with E-state index in [0.29, 0.717) is 37.7 Å². The molecular formula is C27H27BrN2O6S. The van der Waals surface area contributed by atoms with Crippen LogP contribution in [-0.2, 0) is 9.53 Å². The van der Waals surface area contributed by atoms with E-state index in [1.165, 1.54) is 23.0 Å². The van der Waals surface area contributed by atoms with Gasteiger partial charge in [0.05, 0.1) is 41.7 Å². The fourth-order valence-corrected chi connectivity index (χ4v) is 5.51. The third-order valence-electron chi connectivity index (χ3n) is 5.66. The number of rotatable bonds is 7. The molecule has 37 heavy (non-hydrogen) atoms. The number of halogens is 1. The van der Waals surface area contributed by atoms with Gasteiger partial charge in [0, 0.05) is 10.0 Å². The van der Waals surface area contributed by atoms with Crippen LogP contribution in [0.4, 0.5) is 0 Å². The van der Waals surface area contributed by atoms with Crippen LogP contribution in [0.2, 0.25) is 0 Å². The Morgan fingerprint density at radius 1 is 1.24 bits per heavy atom. The molecule has 2 heterocycles.